The minimum absolute atomic E-state index is 0.275. The molecule has 54 valence electrons. The Hall–Kier alpha value is -0.510. The van der Waals surface area contributed by atoms with E-state index in [9.17, 15) is 4.21 Å². The van der Waals surface area contributed by atoms with Crippen LogP contribution in [0.3, 0.4) is 0 Å². The van der Waals surface area contributed by atoms with Crippen LogP contribution in [-0.4, -0.2) is 33.5 Å². The van der Waals surface area contributed by atoms with Gasteiger partial charge in [0.05, 0.1) is 0 Å². The smallest absolute Gasteiger partial charge is 0.104 e. The Morgan fingerprint density at radius 1 is 1.78 bits per heavy atom. The molecule has 0 aromatic heterocycles. The van der Waals surface area contributed by atoms with E-state index in [-0.39, 0.29) is 5.84 Å². The highest BCUT2D eigenvalue weighted by atomic mass is 32.2. The van der Waals surface area contributed by atoms with E-state index in [4.69, 9.17) is 5.41 Å². The maximum Gasteiger partial charge on any atom is 0.104 e. The molecule has 9 heavy (non-hydrogen) atoms. The normalized spacial score (nSPS) is 16.3. The van der Waals surface area contributed by atoms with E-state index in [2.05, 4.69) is 5.87 Å². The van der Waals surface area contributed by atoms with Crippen molar-refractivity contribution in [1.82, 2.24) is 4.31 Å². The van der Waals surface area contributed by atoms with Gasteiger partial charge < -0.3 is 0 Å². The van der Waals surface area contributed by atoms with Crippen LogP contribution in [0.15, 0.2) is 0 Å². The van der Waals surface area contributed by atoms with Crippen LogP contribution in [-0.2, 0) is 9.71 Å². The van der Waals surface area contributed by atoms with Gasteiger partial charge in [-0.25, -0.2) is 4.21 Å². The lowest BCUT2D eigenvalue weighted by molar-refractivity contribution is 0.646. The maximum atomic E-state index is 11.0. The molecule has 0 aromatic rings. The first-order valence-corrected chi connectivity index (χ1v) is 4.56. The van der Waals surface area contributed by atoms with Crippen LogP contribution in [0, 0.1) is 5.41 Å². The molecule has 1 unspecified atom stereocenters. The Balaban J connectivity index is 4.43. The molecule has 1 N–H and O–H groups in total. The zero-order valence-electron chi connectivity index (χ0n) is 5.97. The fourth-order valence-corrected chi connectivity index (χ4v) is 0.869. The summed E-state index contributed by atoms with van der Waals surface area (Å²) in [6, 6.07) is 0. The molecule has 0 amide bonds. The average molecular weight is 148 g/mol. The van der Waals surface area contributed by atoms with Gasteiger partial charge >= 0.3 is 0 Å². The van der Waals surface area contributed by atoms with E-state index in [1.54, 1.807) is 14.0 Å². The van der Waals surface area contributed by atoms with Gasteiger partial charge in [-0.15, -0.1) is 0 Å². The van der Waals surface area contributed by atoms with Crippen molar-refractivity contribution in [3.05, 3.63) is 0 Å². The minimum atomic E-state index is -2.19. The van der Waals surface area contributed by atoms with Crippen molar-refractivity contribution in [3.8, 4) is 0 Å². The standard InChI is InChI=1S/C5H12N2OS/c1-5(6)7(2)9(3,4)8/h6H,3H2,1-2,4H3. The van der Waals surface area contributed by atoms with Crippen LogP contribution < -0.4 is 0 Å². The Kier molecular flexibility index (Phi) is 2.25. The van der Waals surface area contributed by atoms with E-state index in [0.29, 0.717) is 0 Å². The second-order valence-electron chi connectivity index (χ2n) is 2.04. The van der Waals surface area contributed by atoms with E-state index >= 15 is 0 Å². The van der Waals surface area contributed by atoms with Crippen LogP contribution in [0.4, 0.5) is 0 Å². The summed E-state index contributed by atoms with van der Waals surface area (Å²) < 4.78 is 12.4. The van der Waals surface area contributed by atoms with Crippen molar-refractivity contribution >= 4 is 21.4 Å². The number of nitrogens with one attached hydrogen (secondary N) is 1. The van der Waals surface area contributed by atoms with Gasteiger partial charge in [-0.3, -0.25) is 9.71 Å². The summed E-state index contributed by atoms with van der Waals surface area (Å²) in [5, 5.41) is 7.06. The van der Waals surface area contributed by atoms with E-state index in [1.165, 1.54) is 10.6 Å². The first kappa shape index (κ1) is 8.49. The van der Waals surface area contributed by atoms with Crippen molar-refractivity contribution in [2.24, 2.45) is 0 Å². The third-order valence-corrected chi connectivity index (χ3v) is 2.48. The second-order valence-corrected chi connectivity index (χ2v) is 4.51. The Labute approximate surface area is 56.3 Å². The lowest BCUT2D eigenvalue weighted by Crippen LogP contribution is -2.29. The van der Waals surface area contributed by atoms with Crippen LogP contribution in [0.1, 0.15) is 6.92 Å². The van der Waals surface area contributed by atoms with Gasteiger partial charge in [0.15, 0.2) is 0 Å². The van der Waals surface area contributed by atoms with Gasteiger partial charge in [0.1, 0.15) is 5.84 Å². The zero-order valence-corrected chi connectivity index (χ0v) is 6.79. The van der Waals surface area contributed by atoms with Gasteiger partial charge in [-0.2, -0.15) is 0 Å². The summed E-state index contributed by atoms with van der Waals surface area (Å²) in [5.41, 5.74) is 0. The van der Waals surface area contributed by atoms with Crippen molar-refractivity contribution in [1.29, 1.82) is 5.41 Å². The van der Waals surface area contributed by atoms with Crippen molar-refractivity contribution in [3.63, 3.8) is 0 Å². The zero-order chi connectivity index (χ0) is 7.65. The quantitative estimate of drug-likeness (QED) is 0.322. The largest absolute Gasteiger partial charge is 0.291 e. The molecule has 0 saturated carbocycles. The first-order valence-electron chi connectivity index (χ1n) is 2.47. The fourth-order valence-electron chi connectivity index (χ4n) is 0.290. The van der Waals surface area contributed by atoms with Gasteiger partial charge in [0.25, 0.3) is 0 Å². The van der Waals surface area contributed by atoms with Crippen LogP contribution >= 0.6 is 0 Å². The summed E-state index contributed by atoms with van der Waals surface area (Å²) in [6.07, 6.45) is 1.50. The van der Waals surface area contributed by atoms with E-state index in [1.807, 2.05) is 0 Å². The van der Waals surface area contributed by atoms with Crippen LogP contribution in [0.5, 0.6) is 0 Å². The molecule has 0 saturated heterocycles. The van der Waals surface area contributed by atoms with Crippen molar-refractivity contribution in [2.45, 2.75) is 6.92 Å². The lowest BCUT2D eigenvalue weighted by atomic mass is 10.7. The highest BCUT2D eigenvalue weighted by Crippen LogP contribution is 1.91. The Bertz CT molecular complexity index is 205. The molecule has 0 rings (SSSR count). The third kappa shape index (κ3) is 2.51. The topological polar surface area (TPSA) is 44.2 Å². The molecule has 0 fully saturated rings. The molecule has 0 aliphatic carbocycles. The van der Waals surface area contributed by atoms with Gasteiger partial charge in [-0.05, 0) is 12.8 Å². The highest BCUT2D eigenvalue weighted by Gasteiger charge is 2.03. The Morgan fingerprint density at radius 2 is 2.11 bits per heavy atom. The third-order valence-electron chi connectivity index (χ3n) is 1.05. The summed E-state index contributed by atoms with van der Waals surface area (Å²) >= 11 is 0. The molecule has 3 nitrogen and oxygen atoms in total. The number of hydrogen-bond acceptors (Lipinski definition) is 2. The summed E-state index contributed by atoms with van der Waals surface area (Å²) in [4.78, 5) is 0. The molecule has 0 radical (unpaired) electrons. The number of hydrogen-bond donors (Lipinski definition) is 1. The molecule has 4 heteroatoms. The fraction of sp³-hybridized carbons (Fsp3) is 0.600. The van der Waals surface area contributed by atoms with E-state index < -0.39 is 9.71 Å². The Morgan fingerprint density at radius 3 is 2.11 bits per heavy atom. The highest BCUT2D eigenvalue weighted by molar-refractivity contribution is 7.97. The number of rotatable bonds is 1. The molecule has 0 bridgehead atoms. The first-order chi connectivity index (χ1) is 3.85. The molecule has 0 aliphatic heterocycles. The monoisotopic (exact) mass is 148 g/mol. The summed E-state index contributed by atoms with van der Waals surface area (Å²) in [7, 11) is -0.598. The number of amidine groups is 1. The van der Waals surface area contributed by atoms with Crippen molar-refractivity contribution < 1.29 is 4.21 Å². The minimum Gasteiger partial charge on any atom is -0.291 e. The van der Waals surface area contributed by atoms with Gasteiger partial charge in [-0.1, -0.05) is 0 Å². The van der Waals surface area contributed by atoms with Gasteiger partial charge in [0.2, 0.25) is 0 Å². The molecular formula is C5H12N2OS. The predicted octanol–water partition coefficient (Wildman–Crippen LogP) is 0.177. The summed E-state index contributed by atoms with van der Waals surface area (Å²) in [6.45, 7) is 1.58. The second kappa shape index (κ2) is 2.39. The van der Waals surface area contributed by atoms with E-state index in [0.717, 1.165) is 0 Å². The SMILES string of the molecule is C=S(C)(=O)N(C)C(C)=N. The lowest BCUT2D eigenvalue weighted by Gasteiger charge is -2.17. The molecule has 1 atom stereocenters. The molecule has 0 aromatic carbocycles. The van der Waals surface area contributed by atoms with Crippen LogP contribution in [0.2, 0.25) is 0 Å². The summed E-state index contributed by atoms with van der Waals surface area (Å²) in [5.74, 6) is 3.68. The molecule has 0 heterocycles. The number of nitrogens with zero attached hydrogens (tertiary/aromatic N) is 1. The molecule has 0 spiro atoms. The molecule has 0 aliphatic rings. The van der Waals surface area contributed by atoms with Gasteiger partial charge in [0, 0.05) is 23.0 Å². The maximum absolute atomic E-state index is 11.0. The van der Waals surface area contributed by atoms with Crippen LogP contribution in [0.25, 0.3) is 0 Å². The predicted molar refractivity (Wildman–Crippen MR) is 42.4 cm³/mol. The average Bonchev–Trinajstić information content (AvgIpc) is 1.62. The van der Waals surface area contributed by atoms with Crippen molar-refractivity contribution in [2.75, 3.05) is 13.3 Å². The molecular weight excluding hydrogens is 136 g/mol.